The van der Waals surface area contributed by atoms with Crippen LogP contribution in [-0.2, 0) is 0 Å². The molecule has 1 aliphatic heterocycles. The number of hydrogen-bond donors (Lipinski definition) is 1. The predicted octanol–water partition coefficient (Wildman–Crippen LogP) is 2.74. The first kappa shape index (κ1) is 18.7. The molecule has 2 aliphatic rings. The third-order valence-electron chi connectivity index (χ3n) is 5.82. The van der Waals surface area contributed by atoms with Gasteiger partial charge >= 0.3 is 0 Å². The number of hydrogen-bond acceptors (Lipinski definition) is 4. The fourth-order valence-electron chi connectivity index (χ4n) is 4.18. The number of rotatable bonds is 4. The number of aromatic nitrogens is 3. The van der Waals surface area contributed by atoms with E-state index in [1.165, 1.54) is 12.8 Å². The lowest BCUT2D eigenvalue weighted by Crippen LogP contribution is -2.39. The SMILES string of the molecule is Cc1cccc(C(=O)N2CCC(n3cc(C(=O)NC4CCCC4)nn3)CC2)c1. The molecule has 1 saturated heterocycles. The number of aryl methyl sites for hydroxylation is 1. The van der Waals surface area contributed by atoms with E-state index in [0.29, 0.717) is 18.8 Å². The normalized spacial score (nSPS) is 18.4. The smallest absolute Gasteiger partial charge is 0.273 e. The second kappa shape index (κ2) is 8.12. The number of nitrogens with zero attached hydrogens (tertiary/aromatic N) is 4. The Labute approximate surface area is 165 Å². The molecule has 1 aliphatic carbocycles. The minimum atomic E-state index is -0.134. The summed E-state index contributed by atoms with van der Waals surface area (Å²) >= 11 is 0. The topological polar surface area (TPSA) is 80.1 Å². The van der Waals surface area contributed by atoms with Gasteiger partial charge in [-0.1, -0.05) is 35.8 Å². The summed E-state index contributed by atoms with van der Waals surface area (Å²) in [5, 5.41) is 11.3. The minimum absolute atomic E-state index is 0.0809. The van der Waals surface area contributed by atoms with Crippen LogP contribution in [0.4, 0.5) is 0 Å². The largest absolute Gasteiger partial charge is 0.348 e. The van der Waals surface area contributed by atoms with Crippen LogP contribution in [0.3, 0.4) is 0 Å². The molecule has 0 unspecified atom stereocenters. The number of carbonyl (C=O) groups is 2. The fourth-order valence-corrected chi connectivity index (χ4v) is 4.18. The van der Waals surface area contributed by atoms with Gasteiger partial charge in [0.1, 0.15) is 0 Å². The summed E-state index contributed by atoms with van der Waals surface area (Å²) in [6.45, 7) is 3.36. The third kappa shape index (κ3) is 4.08. The Hall–Kier alpha value is -2.70. The average molecular weight is 381 g/mol. The highest BCUT2D eigenvalue weighted by Crippen LogP contribution is 2.23. The second-order valence-electron chi connectivity index (χ2n) is 7.93. The number of amides is 2. The van der Waals surface area contributed by atoms with Gasteiger partial charge in [-0.05, 0) is 44.7 Å². The van der Waals surface area contributed by atoms with E-state index in [2.05, 4.69) is 15.6 Å². The van der Waals surface area contributed by atoms with Crippen molar-refractivity contribution in [3.05, 3.63) is 47.3 Å². The van der Waals surface area contributed by atoms with Gasteiger partial charge in [0, 0.05) is 24.7 Å². The van der Waals surface area contributed by atoms with Crippen LogP contribution in [0.25, 0.3) is 0 Å². The molecular weight excluding hydrogens is 354 g/mol. The molecule has 1 aromatic heterocycles. The molecule has 0 spiro atoms. The third-order valence-corrected chi connectivity index (χ3v) is 5.82. The highest BCUT2D eigenvalue weighted by molar-refractivity contribution is 5.94. The van der Waals surface area contributed by atoms with Crippen LogP contribution in [0.15, 0.2) is 30.5 Å². The first-order chi connectivity index (χ1) is 13.6. The Bertz CT molecular complexity index is 848. The van der Waals surface area contributed by atoms with Crippen molar-refractivity contribution in [3.8, 4) is 0 Å². The van der Waals surface area contributed by atoms with Gasteiger partial charge in [-0.2, -0.15) is 0 Å². The highest BCUT2D eigenvalue weighted by Gasteiger charge is 2.26. The number of nitrogens with one attached hydrogen (secondary N) is 1. The van der Waals surface area contributed by atoms with Gasteiger partial charge < -0.3 is 10.2 Å². The van der Waals surface area contributed by atoms with Crippen LogP contribution in [0, 0.1) is 6.92 Å². The maximum absolute atomic E-state index is 12.7. The van der Waals surface area contributed by atoms with Crippen LogP contribution in [0.1, 0.15) is 71.0 Å². The lowest BCUT2D eigenvalue weighted by Gasteiger charge is -2.32. The lowest BCUT2D eigenvalue weighted by molar-refractivity contribution is 0.0689. The van der Waals surface area contributed by atoms with Crippen molar-refractivity contribution in [3.63, 3.8) is 0 Å². The molecule has 0 radical (unpaired) electrons. The van der Waals surface area contributed by atoms with Crippen LogP contribution in [0.2, 0.25) is 0 Å². The van der Waals surface area contributed by atoms with Crippen LogP contribution >= 0.6 is 0 Å². The Morgan fingerprint density at radius 1 is 1.11 bits per heavy atom. The second-order valence-corrected chi connectivity index (χ2v) is 7.93. The highest BCUT2D eigenvalue weighted by atomic mass is 16.2. The molecule has 2 amide bonds. The van der Waals surface area contributed by atoms with Gasteiger partial charge in [-0.3, -0.25) is 9.59 Å². The zero-order chi connectivity index (χ0) is 19.5. The standard InChI is InChI=1S/C21H27N5O2/c1-15-5-4-6-16(13-15)21(28)25-11-9-18(10-12-25)26-14-19(23-24-26)20(27)22-17-7-2-3-8-17/h4-6,13-14,17-18H,2-3,7-12H2,1H3,(H,22,27). The number of piperidine rings is 1. The van der Waals surface area contributed by atoms with Crippen molar-refractivity contribution in [2.75, 3.05) is 13.1 Å². The summed E-state index contributed by atoms with van der Waals surface area (Å²) in [6.07, 6.45) is 7.82. The van der Waals surface area contributed by atoms with Gasteiger partial charge in [-0.15, -0.1) is 5.10 Å². The molecule has 1 saturated carbocycles. The molecule has 7 heteroatoms. The van der Waals surface area contributed by atoms with Gasteiger partial charge in [0.15, 0.2) is 5.69 Å². The molecule has 1 N–H and O–H groups in total. The first-order valence-electron chi connectivity index (χ1n) is 10.2. The van der Waals surface area contributed by atoms with Crippen molar-refractivity contribution < 1.29 is 9.59 Å². The number of benzene rings is 1. The van der Waals surface area contributed by atoms with Crippen molar-refractivity contribution in [2.45, 2.75) is 57.5 Å². The quantitative estimate of drug-likeness (QED) is 0.883. The Morgan fingerprint density at radius 3 is 2.57 bits per heavy atom. The molecule has 28 heavy (non-hydrogen) atoms. The van der Waals surface area contributed by atoms with Crippen LogP contribution in [-0.4, -0.2) is 50.8 Å². The minimum Gasteiger partial charge on any atom is -0.348 e. The molecule has 4 rings (SSSR count). The van der Waals surface area contributed by atoms with Gasteiger partial charge in [0.2, 0.25) is 0 Å². The number of likely N-dealkylation sites (tertiary alicyclic amines) is 1. The van der Waals surface area contributed by atoms with Gasteiger partial charge in [-0.25, -0.2) is 4.68 Å². The van der Waals surface area contributed by atoms with E-state index in [0.717, 1.165) is 36.8 Å². The Morgan fingerprint density at radius 2 is 1.86 bits per heavy atom. The summed E-state index contributed by atoms with van der Waals surface area (Å²) < 4.78 is 1.79. The van der Waals surface area contributed by atoms with Crippen molar-refractivity contribution >= 4 is 11.8 Å². The van der Waals surface area contributed by atoms with Crippen molar-refractivity contribution in [1.29, 1.82) is 0 Å². The number of carbonyl (C=O) groups excluding carboxylic acids is 2. The first-order valence-corrected chi connectivity index (χ1v) is 10.2. The Kier molecular flexibility index (Phi) is 5.41. The molecule has 7 nitrogen and oxygen atoms in total. The van der Waals surface area contributed by atoms with E-state index < -0.39 is 0 Å². The van der Waals surface area contributed by atoms with Crippen molar-refractivity contribution in [2.24, 2.45) is 0 Å². The van der Waals surface area contributed by atoms with Gasteiger partial charge in [0.05, 0.1) is 12.2 Å². The Balaban J connectivity index is 1.33. The van der Waals surface area contributed by atoms with Crippen LogP contribution in [0.5, 0.6) is 0 Å². The summed E-state index contributed by atoms with van der Waals surface area (Å²) in [4.78, 5) is 26.9. The van der Waals surface area contributed by atoms with E-state index in [9.17, 15) is 9.59 Å². The summed E-state index contributed by atoms with van der Waals surface area (Å²) in [6, 6.07) is 8.15. The zero-order valence-electron chi connectivity index (χ0n) is 16.3. The summed E-state index contributed by atoms with van der Waals surface area (Å²) in [5.41, 5.74) is 2.21. The van der Waals surface area contributed by atoms with Gasteiger partial charge in [0.25, 0.3) is 11.8 Å². The van der Waals surface area contributed by atoms with E-state index in [4.69, 9.17) is 0 Å². The maximum atomic E-state index is 12.7. The van der Waals surface area contributed by atoms with E-state index in [1.54, 1.807) is 10.9 Å². The molecule has 2 aromatic rings. The van der Waals surface area contributed by atoms with Crippen molar-refractivity contribution in [1.82, 2.24) is 25.2 Å². The fraction of sp³-hybridized carbons (Fsp3) is 0.524. The zero-order valence-corrected chi connectivity index (χ0v) is 16.3. The van der Waals surface area contributed by atoms with E-state index >= 15 is 0 Å². The summed E-state index contributed by atoms with van der Waals surface area (Å²) in [5.74, 6) is -0.0532. The van der Waals surface area contributed by atoms with Crippen LogP contribution < -0.4 is 5.32 Å². The summed E-state index contributed by atoms with van der Waals surface area (Å²) in [7, 11) is 0. The van der Waals surface area contributed by atoms with E-state index in [1.807, 2.05) is 36.1 Å². The molecule has 0 atom stereocenters. The molecule has 2 fully saturated rings. The lowest BCUT2D eigenvalue weighted by atomic mass is 10.0. The molecule has 0 bridgehead atoms. The predicted molar refractivity (Wildman–Crippen MR) is 105 cm³/mol. The molecule has 1 aromatic carbocycles. The average Bonchev–Trinajstić information content (AvgIpc) is 3.40. The molecule has 148 valence electrons. The maximum Gasteiger partial charge on any atom is 0.273 e. The molecular formula is C21H27N5O2. The van der Waals surface area contributed by atoms with E-state index in [-0.39, 0.29) is 23.9 Å². The monoisotopic (exact) mass is 381 g/mol. The molecule has 2 heterocycles.